The molecule has 5 rings (SSSR count). The summed E-state index contributed by atoms with van der Waals surface area (Å²) < 4.78 is 25.6. The highest BCUT2D eigenvalue weighted by molar-refractivity contribution is 5.74. The minimum atomic E-state index is -0.666. The number of amides is 2. The molecular weight excluding hydrogens is 492 g/mol. The van der Waals surface area contributed by atoms with Gasteiger partial charge < -0.3 is 29.2 Å². The Kier molecular flexibility index (Phi) is 9.98. The van der Waals surface area contributed by atoms with Crippen LogP contribution in [-0.2, 0) is 38.8 Å². The van der Waals surface area contributed by atoms with Crippen LogP contribution in [0.2, 0.25) is 0 Å². The van der Waals surface area contributed by atoms with E-state index in [1.165, 1.54) is 0 Å². The number of nitrogens with one attached hydrogen (secondary N) is 1. The summed E-state index contributed by atoms with van der Waals surface area (Å²) in [5, 5.41) is 3.10. The maximum Gasteiger partial charge on any atom is 0.319 e. The molecule has 2 amide bonds. The Morgan fingerprint density at radius 2 is 1.18 bits per heavy atom. The smallest absolute Gasteiger partial charge is 0.319 e. The molecule has 0 unspecified atom stereocenters. The number of carbonyl (C=O) groups is 1. The maximum atomic E-state index is 13.2. The number of hydrogen-bond donors (Lipinski definition) is 1. The van der Waals surface area contributed by atoms with Crippen LogP contribution in [0.3, 0.4) is 0 Å². The number of rotatable bonds is 10. The van der Waals surface area contributed by atoms with Crippen LogP contribution in [0.25, 0.3) is 0 Å². The van der Waals surface area contributed by atoms with Crippen molar-refractivity contribution in [1.29, 1.82) is 0 Å². The van der Waals surface area contributed by atoms with Crippen molar-refractivity contribution in [3.63, 3.8) is 0 Å². The minimum absolute atomic E-state index is 0.126. The molecule has 4 atom stereocenters. The van der Waals surface area contributed by atoms with Gasteiger partial charge in [-0.15, -0.1) is 0 Å². The third kappa shape index (κ3) is 7.90. The predicted octanol–water partition coefficient (Wildman–Crippen LogP) is 5.29. The Morgan fingerprint density at radius 1 is 0.692 bits per heavy atom. The molecule has 0 spiro atoms. The van der Waals surface area contributed by atoms with Crippen LogP contribution in [-0.4, -0.2) is 55.2 Å². The molecule has 0 aromatic heterocycles. The van der Waals surface area contributed by atoms with E-state index in [1.807, 2.05) is 95.9 Å². The van der Waals surface area contributed by atoms with E-state index >= 15 is 0 Å². The molecule has 39 heavy (non-hydrogen) atoms. The first kappa shape index (κ1) is 27.3. The summed E-state index contributed by atoms with van der Waals surface area (Å²) in [4.78, 5) is 15.0. The Hall–Kier alpha value is -3.23. The van der Waals surface area contributed by atoms with Gasteiger partial charge in [-0.1, -0.05) is 91.0 Å². The first-order valence-corrected chi connectivity index (χ1v) is 13.9. The molecule has 2 aliphatic rings. The first-order valence-electron chi connectivity index (χ1n) is 13.9. The van der Waals surface area contributed by atoms with Crippen LogP contribution in [0.5, 0.6) is 0 Å². The van der Waals surface area contributed by atoms with Crippen molar-refractivity contribution in [1.82, 2.24) is 10.2 Å². The highest BCUT2D eigenvalue weighted by atomic mass is 16.6. The highest BCUT2D eigenvalue weighted by Gasteiger charge is 2.44. The van der Waals surface area contributed by atoms with Crippen molar-refractivity contribution in [2.45, 2.75) is 63.6 Å². The van der Waals surface area contributed by atoms with Crippen molar-refractivity contribution in [2.24, 2.45) is 0 Å². The van der Waals surface area contributed by atoms with Crippen molar-refractivity contribution < 1.29 is 23.7 Å². The minimum Gasteiger partial charge on any atom is -0.368 e. The molecule has 3 aromatic rings. The van der Waals surface area contributed by atoms with Crippen molar-refractivity contribution in [3.8, 4) is 0 Å². The fraction of sp³-hybridized carbons (Fsp3) is 0.406. The summed E-state index contributed by atoms with van der Waals surface area (Å²) in [7, 11) is 0. The molecular formula is C32H38N2O5. The lowest BCUT2D eigenvalue weighted by Gasteiger charge is -2.43. The zero-order chi connectivity index (χ0) is 26.7. The van der Waals surface area contributed by atoms with Crippen molar-refractivity contribution in [2.75, 3.05) is 19.7 Å². The summed E-state index contributed by atoms with van der Waals surface area (Å²) in [5.74, 6) is 0. The molecule has 2 fully saturated rings. The van der Waals surface area contributed by atoms with E-state index < -0.39 is 18.4 Å². The Bertz CT molecular complexity index is 1130. The van der Waals surface area contributed by atoms with Gasteiger partial charge in [-0.05, 0) is 36.0 Å². The quantitative estimate of drug-likeness (QED) is 0.386. The first-order chi connectivity index (χ1) is 19.3. The fourth-order valence-corrected chi connectivity index (χ4v) is 5.04. The van der Waals surface area contributed by atoms with Gasteiger partial charge in [-0.25, -0.2) is 4.79 Å². The Balaban J connectivity index is 1.35. The molecule has 2 aliphatic heterocycles. The van der Waals surface area contributed by atoms with Gasteiger partial charge in [-0.2, -0.15) is 0 Å². The number of piperidine rings is 1. The summed E-state index contributed by atoms with van der Waals surface area (Å²) in [6.07, 6.45) is 1.12. The fourth-order valence-electron chi connectivity index (χ4n) is 5.04. The van der Waals surface area contributed by atoms with Gasteiger partial charge in [0.2, 0.25) is 0 Å². The lowest BCUT2D eigenvalue weighted by atomic mass is 10.0. The van der Waals surface area contributed by atoms with E-state index in [0.717, 1.165) is 49.0 Å². The molecule has 7 heteroatoms. The van der Waals surface area contributed by atoms with Gasteiger partial charge in [-0.3, -0.25) is 0 Å². The van der Waals surface area contributed by atoms with E-state index in [2.05, 4.69) is 5.32 Å². The van der Waals surface area contributed by atoms with Crippen LogP contribution in [0, 0.1) is 0 Å². The Morgan fingerprint density at radius 3 is 1.72 bits per heavy atom. The molecule has 1 N–H and O–H groups in total. The summed E-state index contributed by atoms with van der Waals surface area (Å²) >= 11 is 0. The number of nitrogens with zero attached hydrogens (tertiary/aromatic N) is 1. The lowest BCUT2D eigenvalue weighted by Crippen LogP contribution is -2.62. The van der Waals surface area contributed by atoms with E-state index in [-0.39, 0.29) is 18.7 Å². The van der Waals surface area contributed by atoms with Gasteiger partial charge in [0.1, 0.15) is 18.3 Å². The summed E-state index contributed by atoms with van der Waals surface area (Å²) in [6.45, 7) is 2.98. The summed E-state index contributed by atoms with van der Waals surface area (Å²) in [5.41, 5.74) is 3.16. The number of likely N-dealkylation sites (tertiary alicyclic amines) is 1. The summed E-state index contributed by atoms with van der Waals surface area (Å²) in [6, 6.07) is 30.0. The second kappa shape index (κ2) is 14.2. The number of urea groups is 1. The zero-order valence-electron chi connectivity index (χ0n) is 22.3. The zero-order valence-corrected chi connectivity index (χ0v) is 22.3. The van der Waals surface area contributed by atoms with Crippen LogP contribution in [0.4, 0.5) is 4.79 Å². The van der Waals surface area contributed by atoms with Crippen LogP contribution < -0.4 is 5.32 Å². The molecule has 7 nitrogen and oxygen atoms in total. The maximum absolute atomic E-state index is 13.2. The number of benzene rings is 3. The van der Waals surface area contributed by atoms with Gasteiger partial charge in [0, 0.05) is 13.1 Å². The predicted molar refractivity (Wildman–Crippen MR) is 149 cm³/mol. The normalized spacial score (nSPS) is 23.3. The Labute approximate surface area is 231 Å². The molecule has 0 radical (unpaired) electrons. The van der Waals surface area contributed by atoms with Gasteiger partial charge in [0.25, 0.3) is 0 Å². The average Bonchev–Trinajstić information content (AvgIpc) is 3.00. The third-order valence-corrected chi connectivity index (χ3v) is 7.22. The van der Waals surface area contributed by atoms with Crippen LogP contribution in [0.1, 0.15) is 36.0 Å². The van der Waals surface area contributed by atoms with E-state index in [1.54, 1.807) is 0 Å². The topological polar surface area (TPSA) is 69.3 Å². The average molecular weight is 531 g/mol. The highest BCUT2D eigenvalue weighted by Crippen LogP contribution is 2.26. The van der Waals surface area contributed by atoms with E-state index in [0.29, 0.717) is 19.8 Å². The van der Waals surface area contributed by atoms with E-state index in [9.17, 15) is 4.79 Å². The second-order valence-corrected chi connectivity index (χ2v) is 10.1. The number of hydrogen-bond acceptors (Lipinski definition) is 5. The molecule has 0 saturated carbocycles. The largest absolute Gasteiger partial charge is 0.368 e. The molecule has 0 aliphatic carbocycles. The third-order valence-electron chi connectivity index (χ3n) is 7.22. The van der Waals surface area contributed by atoms with Crippen molar-refractivity contribution >= 4 is 6.03 Å². The van der Waals surface area contributed by atoms with Crippen LogP contribution >= 0.6 is 0 Å². The van der Waals surface area contributed by atoms with Gasteiger partial charge in [0.15, 0.2) is 6.23 Å². The lowest BCUT2D eigenvalue weighted by molar-refractivity contribution is -0.242. The van der Waals surface area contributed by atoms with Gasteiger partial charge in [0.05, 0.1) is 26.4 Å². The molecule has 0 bridgehead atoms. The number of ether oxygens (including phenoxy) is 4. The standard InChI is InChI=1S/C32H38N2O5/c35-32(34-19-11-4-12-20-34)33-31-30(38-23-27-17-9-3-10-18-27)29(37-22-26-15-7-2-8-16-26)28(24-39-31)36-21-25-13-5-1-6-14-25/h1-3,5-10,13-18,28-31H,4,11-12,19-24H2,(H,33,35)/t28-,29+,30-,31+/m1/s1. The SMILES string of the molecule is O=C(N[C@H]1OC[C@@H](OCc2ccccc2)[C@H](OCc2ccccc2)[C@H]1OCc1ccccc1)N1CCCCC1. The molecule has 3 aromatic carbocycles. The van der Waals surface area contributed by atoms with Crippen molar-refractivity contribution in [3.05, 3.63) is 108 Å². The molecule has 206 valence electrons. The van der Waals surface area contributed by atoms with Gasteiger partial charge >= 0.3 is 6.03 Å². The molecule has 2 heterocycles. The second-order valence-electron chi connectivity index (χ2n) is 10.1. The van der Waals surface area contributed by atoms with E-state index in [4.69, 9.17) is 18.9 Å². The monoisotopic (exact) mass is 530 g/mol. The molecule has 2 saturated heterocycles. The van der Waals surface area contributed by atoms with Crippen LogP contribution in [0.15, 0.2) is 91.0 Å². The number of carbonyl (C=O) groups excluding carboxylic acids is 1.